The zero-order chi connectivity index (χ0) is 13.6. The van der Waals surface area contributed by atoms with Crippen LogP contribution in [0.5, 0.6) is 0 Å². The molecule has 18 heavy (non-hydrogen) atoms. The number of aliphatic hydroxyl groups excluding tert-OH is 1. The summed E-state index contributed by atoms with van der Waals surface area (Å²) in [5.41, 5.74) is 1.82. The summed E-state index contributed by atoms with van der Waals surface area (Å²) >= 11 is 0. The molecule has 2 N–H and O–H groups in total. The van der Waals surface area contributed by atoms with E-state index in [9.17, 15) is 8.42 Å². The molecule has 6 nitrogen and oxygen atoms in total. The summed E-state index contributed by atoms with van der Waals surface area (Å²) < 4.78 is 27.6. The fourth-order valence-electron chi connectivity index (χ4n) is 1.69. The van der Waals surface area contributed by atoms with Crippen LogP contribution < -0.4 is 4.72 Å². The van der Waals surface area contributed by atoms with E-state index < -0.39 is 10.0 Å². The molecule has 0 aliphatic carbocycles. The lowest BCUT2D eigenvalue weighted by atomic mass is 10.2. The minimum atomic E-state index is -3.27. The molecule has 0 spiro atoms. The second kappa shape index (κ2) is 6.86. The van der Waals surface area contributed by atoms with Gasteiger partial charge in [0.05, 0.1) is 11.4 Å². The Balaban J connectivity index is 2.53. The molecule has 0 unspecified atom stereocenters. The van der Waals surface area contributed by atoms with Gasteiger partial charge in [-0.1, -0.05) is 6.92 Å². The molecule has 104 valence electrons. The van der Waals surface area contributed by atoms with E-state index in [0.717, 1.165) is 17.7 Å². The number of aliphatic hydroxyl groups is 1. The number of hydrogen-bond donors (Lipinski definition) is 2. The maximum atomic E-state index is 11.7. The summed E-state index contributed by atoms with van der Waals surface area (Å²) in [6.45, 7) is 2.29. The summed E-state index contributed by atoms with van der Waals surface area (Å²) in [5, 5.41) is 12.9. The first-order valence-electron chi connectivity index (χ1n) is 6.08. The highest BCUT2D eigenvalue weighted by Crippen LogP contribution is 2.07. The third-order valence-electron chi connectivity index (χ3n) is 2.63. The fourth-order valence-corrected chi connectivity index (χ4v) is 2.80. The van der Waals surface area contributed by atoms with E-state index in [1.807, 2.05) is 20.2 Å². The minimum absolute atomic E-state index is 0.0259. The molecule has 1 aromatic rings. The molecule has 1 heterocycles. The van der Waals surface area contributed by atoms with E-state index >= 15 is 0 Å². The number of nitrogens with zero attached hydrogens (tertiary/aromatic N) is 2. The van der Waals surface area contributed by atoms with Crippen LogP contribution in [0.25, 0.3) is 0 Å². The van der Waals surface area contributed by atoms with Gasteiger partial charge >= 0.3 is 0 Å². The molecule has 7 heteroatoms. The summed E-state index contributed by atoms with van der Waals surface area (Å²) in [5.74, 6) is 0.0509. The van der Waals surface area contributed by atoms with Crippen molar-refractivity contribution in [3.8, 4) is 0 Å². The lowest BCUT2D eigenvalue weighted by Gasteiger charge is -2.05. The van der Waals surface area contributed by atoms with E-state index in [4.69, 9.17) is 5.11 Å². The summed E-state index contributed by atoms with van der Waals surface area (Å²) in [4.78, 5) is 0. The van der Waals surface area contributed by atoms with E-state index in [1.165, 1.54) is 0 Å². The number of sulfonamides is 1. The largest absolute Gasteiger partial charge is 0.396 e. The number of hydrogen-bond acceptors (Lipinski definition) is 4. The van der Waals surface area contributed by atoms with Gasteiger partial charge in [-0.25, -0.2) is 13.1 Å². The van der Waals surface area contributed by atoms with Crippen molar-refractivity contribution in [3.05, 3.63) is 17.5 Å². The van der Waals surface area contributed by atoms with E-state index in [2.05, 4.69) is 9.82 Å². The lowest BCUT2D eigenvalue weighted by Crippen LogP contribution is -2.26. The number of aryl methyl sites for hydroxylation is 2. The molecule has 0 radical (unpaired) electrons. The van der Waals surface area contributed by atoms with Crippen LogP contribution in [-0.2, 0) is 30.0 Å². The molecule has 0 amide bonds. The third-order valence-corrected chi connectivity index (χ3v) is 4.04. The van der Waals surface area contributed by atoms with Crippen LogP contribution in [0.1, 0.15) is 31.0 Å². The fraction of sp³-hybridized carbons (Fsp3) is 0.727. The molecule has 0 aliphatic rings. The first-order valence-corrected chi connectivity index (χ1v) is 7.73. The molecule has 0 aliphatic heterocycles. The van der Waals surface area contributed by atoms with Gasteiger partial charge in [0.15, 0.2) is 0 Å². The zero-order valence-electron chi connectivity index (χ0n) is 10.9. The third kappa shape index (κ3) is 4.75. The molecule has 0 saturated heterocycles. The van der Waals surface area contributed by atoms with Crippen LogP contribution in [0.4, 0.5) is 0 Å². The quantitative estimate of drug-likeness (QED) is 0.663. The lowest BCUT2D eigenvalue weighted by molar-refractivity contribution is 0.287. The highest BCUT2D eigenvalue weighted by molar-refractivity contribution is 7.89. The van der Waals surface area contributed by atoms with E-state index in [0.29, 0.717) is 12.8 Å². The molecule has 0 atom stereocenters. The maximum Gasteiger partial charge on any atom is 0.211 e. The predicted octanol–water partition coefficient (Wildman–Crippen LogP) is 0.174. The minimum Gasteiger partial charge on any atom is -0.396 e. The topological polar surface area (TPSA) is 84.2 Å². The average molecular weight is 275 g/mol. The van der Waals surface area contributed by atoms with Crippen molar-refractivity contribution in [2.75, 3.05) is 12.4 Å². The monoisotopic (exact) mass is 275 g/mol. The average Bonchev–Trinajstić information content (AvgIpc) is 2.67. The van der Waals surface area contributed by atoms with Gasteiger partial charge in [-0.3, -0.25) is 4.68 Å². The van der Waals surface area contributed by atoms with Gasteiger partial charge in [0, 0.05) is 32.0 Å². The van der Waals surface area contributed by atoms with Crippen LogP contribution in [0, 0.1) is 0 Å². The molecule has 0 saturated carbocycles. The molecule has 1 aromatic heterocycles. The second-order valence-corrected chi connectivity index (χ2v) is 6.13. The van der Waals surface area contributed by atoms with Crippen LogP contribution in [-0.4, -0.2) is 35.7 Å². The van der Waals surface area contributed by atoms with Crippen LogP contribution in [0.3, 0.4) is 0 Å². The standard InChI is InChI=1S/C11H21N3O3S/c1-3-11-10(9-14(2)13-11)8-12-18(16,17)7-5-4-6-15/h9,12,15H,3-8H2,1-2H3. The van der Waals surface area contributed by atoms with Crippen LogP contribution >= 0.6 is 0 Å². The van der Waals surface area contributed by atoms with Gasteiger partial charge < -0.3 is 5.11 Å². The summed E-state index contributed by atoms with van der Waals surface area (Å²) in [6, 6.07) is 0. The van der Waals surface area contributed by atoms with E-state index in [1.54, 1.807) is 4.68 Å². The Hall–Kier alpha value is -0.920. The molecule has 1 rings (SSSR count). The number of aromatic nitrogens is 2. The first-order chi connectivity index (χ1) is 8.48. The van der Waals surface area contributed by atoms with Crippen molar-refractivity contribution in [2.45, 2.75) is 32.7 Å². The maximum absolute atomic E-state index is 11.7. The molecule has 0 aromatic carbocycles. The van der Waals surface area contributed by atoms with E-state index in [-0.39, 0.29) is 18.9 Å². The molecular weight excluding hydrogens is 254 g/mol. The predicted molar refractivity (Wildman–Crippen MR) is 69.5 cm³/mol. The number of rotatable bonds is 8. The van der Waals surface area contributed by atoms with Crippen LogP contribution in [0.15, 0.2) is 6.20 Å². The highest BCUT2D eigenvalue weighted by atomic mass is 32.2. The van der Waals surface area contributed by atoms with Gasteiger partial charge in [-0.15, -0.1) is 0 Å². The molecular formula is C11H21N3O3S. The Morgan fingerprint density at radius 1 is 1.44 bits per heavy atom. The smallest absolute Gasteiger partial charge is 0.211 e. The molecule has 0 fully saturated rings. The first kappa shape index (κ1) is 15.1. The Morgan fingerprint density at radius 2 is 2.17 bits per heavy atom. The zero-order valence-corrected chi connectivity index (χ0v) is 11.7. The summed E-state index contributed by atoms with van der Waals surface area (Å²) in [7, 11) is -1.45. The van der Waals surface area contributed by atoms with Crippen LogP contribution in [0.2, 0.25) is 0 Å². The Morgan fingerprint density at radius 3 is 2.78 bits per heavy atom. The summed E-state index contributed by atoms with van der Waals surface area (Å²) in [6.07, 6.45) is 3.59. The van der Waals surface area contributed by atoms with Gasteiger partial charge in [0.1, 0.15) is 0 Å². The Kier molecular flexibility index (Phi) is 5.77. The highest BCUT2D eigenvalue weighted by Gasteiger charge is 2.12. The van der Waals surface area contributed by atoms with Gasteiger partial charge in [-0.05, 0) is 19.3 Å². The van der Waals surface area contributed by atoms with Crippen molar-refractivity contribution in [3.63, 3.8) is 0 Å². The van der Waals surface area contributed by atoms with Gasteiger partial charge in [0.2, 0.25) is 10.0 Å². The van der Waals surface area contributed by atoms with Crippen molar-refractivity contribution in [1.29, 1.82) is 0 Å². The van der Waals surface area contributed by atoms with Crippen molar-refractivity contribution < 1.29 is 13.5 Å². The van der Waals surface area contributed by atoms with Crippen molar-refractivity contribution in [1.82, 2.24) is 14.5 Å². The number of nitrogens with one attached hydrogen (secondary N) is 1. The van der Waals surface area contributed by atoms with Gasteiger partial charge in [-0.2, -0.15) is 5.10 Å². The second-order valence-electron chi connectivity index (χ2n) is 4.20. The Labute approximate surface area is 108 Å². The van der Waals surface area contributed by atoms with Crippen molar-refractivity contribution in [2.24, 2.45) is 7.05 Å². The normalized spacial score (nSPS) is 11.9. The number of unbranched alkanes of at least 4 members (excludes halogenated alkanes) is 1. The van der Waals surface area contributed by atoms with Crippen molar-refractivity contribution >= 4 is 10.0 Å². The SMILES string of the molecule is CCc1nn(C)cc1CNS(=O)(=O)CCCCO. The Bertz CT molecular complexity index is 468. The molecule has 0 bridgehead atoms. The van der Waals surface area contributed by atoms with Gasteiger partial charge in [0.25, 0.3) is 0 Å².